The van der Waals surface area contributed by atoms with Crippen molar-refractivity contribution in [2.45, 2.75) is 13.8 Å². The molecule has 4 N–H and O–H groups in total. The molecule has 0 atom stereocenters. The maximum absolute atomic E-state index is 10.9. The summed E-state index contributed by atoms with van der Waals surface area (Å²) in [5.41, 5.74) is 0. The molecule has 14 heavy (non-hydrogen) atoms. The summed E-state index contributed by atoms with van der Waals surface area (Å²) in [6, 6.07) is -2.15. The van der Waals surface area contributed by atoms with Gasteiger partial charge >= 0.3 is 18.1 Å². The van der Waals surface area contributed by atoms with Crippen LogP contribution in [0.1, 0.15) is 13.8 Å². The van der Waals surface area contributed by atoms with Gasteiger partial charge in [-0.1, -0.05) is 0 Å². The minimum Gasteiger partial charge on any atom is -0.338 e. The molecule has 80 valence electrons. The number of urea groups is 3. The Kier molecular flexibility index (Phi) is 5.84. The molecule has 0 aliphatic rings. The van der Waals surface area contributed by atoms with Gasteiger partial charge in [0.15, 0.2) is 0 Å². The number of hydrogen-bond acceptors (Lipinski definition) is 3. The van der Waals surface area contributed by atoms with E-state index in [1.807, 2.05) is 10.6 Å². The molecule has 6 amide bonds. The lowest BCUT2D eigenvalue weighted by molar-refractivity contribution is 0.222. The van der Waals surface area contributed by atoms with Crippen molar-refractivity contribution in [1.82, 2.24) is 21.3 Å². The lowest BCUT2D eigenvalue weighted by atomic mass is 10.7. The first-order valence-electron chi connectivity index (χ1n) is 4.23. The summed E-state index contributed by atoms with van der Waals surface area (Å²) in [6.45, 7) is 4.23. The Labute approximate surface area is 81.6 Å². The number of carbonyl (C=O) groups excluding carboxylic acids is 3. The Morgan fingerprint density at radius 1 is 0.786 bits per heavy atom. The van der Waals surface area contributed by atoms with E-state index in [0.29, 0.717) is 13.1 Å². The van der Waals surface area contributed by atoms with Crippen molar-refractivity contribution >= 4 is 18.1 Å². The Morgan fingerprint density at radius 3 is 1.43 bits per heavy atom. The Balaban J connectivity index is 3.75. The van der Waals surface area contributed by atoms with Crippen molar-refractivity contribution < 1.29 is 14.4 Å². The molecule has 0 aromatic rings. The zero-order valence-electron chi connectivity index (χ0n) is 8.14. The fourth-order valence-corrected chi connectivity index (χ4v) is 0.647. The minimum atomic E-state index is -0.859. The molecular formula is C7H14N4O3. The predicted octanol–water partition coefficient (Wildman–Crippen LogP) is -0.255. The molecule has 0 bridgehead atoms. The molecule has 0 heterocycles. The van der Waals surface area contributed by atoms with Crippen LogP contribution in [0.15, 0.2) is 0 Å². The van der Waals surface area contributed by atoms with Crippen LogP contribution in [-0.2, 0) is 0 Å². The van der Waals surface area contributed by atoms with Crippen LogP contribution in [0.3, 0.4) is 0 Å². The first kappa shape index (κ1) is 12.2. The van der Waals surface area contributed by atoms with Crippen LogP contribution in [0.5, 0.6) is 0 Å². The molecule has 0 saturated carbocycles. The molecule has 0 spiro atoms. The third-order valence-electron chi connectivity index (χ3n) is 1.13. The van der Waals surface area contributed by atoms with E-state index >= 15 is 0 Å². The van der Waals surface area contributed by atoms with E-state index in [1.165, 1.54) is 0 Å². The van der Waals surface area contributed by atoms with Crippen LogP contribution in [0.2, 0.25) is 0 Å². The molecular weight excluding hydrogens is 188 g/mol. The van der Waals surface area contributed by atoms with Gasteiger partial charge in [0.05, 0.1) is 0 Å². The molecule has 0 fully saturated rings. The highest BCUT2D eigenvalue weighted by molar-refractivity contribution is 6.01. The fraction of sp³-hybridized carbons (Fsp3) is 0.571. The molecule has 0 aromatic heterocycles. The van der Waals surface area contributed by atoms with Gasteiger partial charge in [0.2, 0.25) is 0 Å². The Hall–Kier alpha value is -1.79. The first-order valence-corrected chi connectivity index (χ1v) is 4.23. The molecule has 0 saturated heterocycles. The van der Waals surface area contributed by atoms with E-state index in [-0.39, 0.29) is 0 Å². The van der Waals surface area contributed by atoms with Gasteiger partial charge in [-0.05, 0) is 13.8 Å². The maximum Gasteiger partial charge on any atom is 0.330 e. The van der Waals surface area contributed by atoms with E-state index in [4.69, 9.17) is 0 Å². The number of rotatable bonds is 2. The fourth-order valence-electron chi connectivity index (χ4n) is 0.647. The Morgan fingerprint density at radius 2 is 1.14 bits per heavy atom. The van der Waals surface area contributed by atoms with E-state index in [9.17, 15) is 14.4 Å². The highest BCUT2D eigenvalue weighted by Gasteiger charge is 2.08. The zero-order valence-corrected chi connectivity index (χ0v) is 8.14. The third kappa shape index (κ3) is 5.81. The van der Waals surface area contributed by atoms with Crippen molar-refractivity contribution in [3.63, 3.8) is 0 Å². The lowest BCUT2D eigenvalue weighted by Crippen LogP contribution is -2.49. The highest BCUT2D eigenvalue weighted by Crippen LogP contribution is 1.69. The number of hydrogen-bond donors (Lipinski definition) is 4. The van der Waals surface area contributed by atoms with Crippen molar-refractivity contribution in [3.05, 3.63) is 0 Å². The molecule has 0 aromatic carbocycles. The molecule has 0 aliphatic heterocycles. The number of imide groups is 2. The van der Waals surface area contributed by atoms with Gasteiger partial charge in [-0.25, -0.2) is 14.4 Å². The van der Waals surface area contributed by atoms with E-state index < -0.39 is 18.1 Å². The normalized spacial score (nSPS) is 8.71. The van der Waals surface area contributed by atoms with Gasteiger partial charge in [-0.2, -0.15) is 0 Å². The van der Waals surface area contributed by atoms with Crippen molar-refractivity contribution in [1.29, 1.82) is 0 Å². The molecule has 0 unspecified atom stereocenters. The maximum atomic E-state index is 10.9. The molecule has 0 aliphatic carbocycles. The number of nitrogens with one attached hydrogen (secondary N) is 4. The summed E-state index contributed by atoms with van der Waals surface area (Å²) in [7, 11) is 0. The Bertz CT molecular complexity index is 207. The van der Waals surface area contributed by atoms with Crippen LogP contribution >= 0.6 is 0 Å². The largest absolute Gasteiger partial charge is 0.338 e. The summed E-state index contributed by atoms with van der Waals surface area (Å²) in [5.74, 6) is 0. The third-order valence-corrected chi connectivity index (χ3v) is 1.13. The average Bonchev–Trinajstić information content (AvgIpc) is 2.03. The molecule has 7 nitrogen and oxygen atoms in total. The standard InChI is InChI=1S/C7H14N4O3/c1-3-8-5(12)10-7(14)11-6(13)9-4-2/h3-4H2,1-2H3,(H4,8,9,10,11,12,13,14). The van der Waals surface area contributed by atoms with Gasteiger partial charge in [0.1, 0.15) is 0 Å². The van der Waals surface area contributed by atoms with Crippen LogP contribution < -0.4 is 21.3 Å². The van der Waals surface area contributed by atoms with Crippen molar-refractivity contribution in [2.24, 2.45) is 0 Å². The highest BCUT2D eigenvalue weighted by atomic mass is 16.2. The second-order valence-corrected chi connectivity index (χ2v) is 2.30. The zero-order chi connectivity index (χ0) is 11.0. The quantitative estimate of drug-likeness (QED) is 0.496. The summed E-state index contributed by atoms with van der Waals surface area (Å²) >= 11 is 0. The van der Waals surface area contributed by atoms with Gasteiger partial charge in [0.25, 0.3) is 0 Å². The number of amides is 6. The van der Waals surface area contributed by atoms with Crippen LogP contribution in [0.4, 0.5) is 14.4 Å². The van der Waals surface area contributed by atoms with Gasteiger partial charge in [0, 0.05) is 13.1 Å². The van der Waals surface area contributed by atoms with E-state index in [0.717, 1.165) is 0 Å². The van der Waals surface area contributed by atoms with Crippen LogP contribution in [0, 0.1) is 0 Å². The summed E-state index contributed by atoms with van der Waals surface area (Å²) in [4.78, 5) is 32.4. The van der Waals surface area contributed by atoms with Gasteiger partial charge in [-0.3, -0.25) is 10.6 Å². The second-order valence-electron chi connectivity index (χ2n) is 2.30. The van der Waals surface area contributed by atoms with Crippen molar-refractivity contribution in [2.75, 3.05) is 13.1 Å². The molecule has 7 heteroatoms. The smallest absolute Gasteiger partial charge is 0.330 e. The van der Waals surface area contributed by atoms with Crippen molar-refractivity contribution in [3.8, 4) is 0 Å². The van der Waals surface area contributed by atoms with Gasteiger partial charge < -0.3 is 10.6 Å². The summed E-state index contributed by atoms with van der Waals surface area (Å²) in [5, 5.41) is 8.50. The van der Waals surface area contributed by atoms with E-state index in [2.05, 4.69) is 10.6 Å². The number of carbonyl (C=O) groups is 3. The summed E-state index contributed by atoms with van der Waals surface area (Å²) < 4.78 is 0. The predicted molar refractivity (Wildman–Crippen MR) is 49.8 cm³/mol. The van der Waals surface area contributed by atoms with Crippen LogP contribution in [-0.4, -0.2) is 31.2 Å². The molecule has 0 radical (unpaired) electrons. The second kappa shape index (κ2) is 6.70. The summed E-state index contributed by atoms with van der Waals surface area (Å²) in [6.07, 6.45) is 0. The molecule has 0 rings (SSSR count). The van der Waals surface area contributed by atoms with Gasteiger partial charge in [-0.15, -0.1) is 0 Å². The monoisotopic (exact) mass is 202 g/mol. The average molecular weight is 202 g/mol. The SMILES string of the molecule is CCNC(=O)NC(=O)NC(=O)NCC. The lowest BCUT2D eigenvalue weighted by Gasteiger charge is -2.05. The first-order chi connectivity index (χ1) is 6.60. The topological polar surface area (TPSA) is 99.3 Å². The minimum absolute atomic E-state index is 0.403. The van der Waals surface area contributed by atoms with E-state index in [1.54, 1.807) is 13.8 Å². The van der Waals surface area contributed by atoms with Crippen LogP contribution in [0.25, 0.3) is 0 Å².